The van der Waals surface area contributed by atoms with Crippen LogP contribution in [-0.4, -0.2) is 23.0 Å². The lowest BCUT2D eigenvalue weighted by Crippen LogP contribution is -2.28. The lowest BCUT2D eigenvalue weighted by atomic mass is 9.93. The molecule has 0 amide bonds. The summed E-state index contributed by atoms with van der Waals surface area (Å²) in [5.74, 6) is -0.384. The molecule has 2 heterocycles. The zero-order valence-electron chi connectivity index (χ0n) is 13.4. The van der Waals surface area contributed by atoms with E-state index in [9.17, 15) is 4.79 Å². The zero-order valence-corrected chi connectivity index (χ0v) is 13.4. The molecule has 3 N–H and O–H groups in total. The Bertz CT molecular complexity index is 858. The van der Waals surface area contributed by atoms with E-state index in [0.29, 0.717) is 11.2 Å². The Morgan fingerprint density at radius 3 is 2.52 bits per heavy atom. The first-order valence-electron chi connectivity index (χ1n) is 7.36. The van der Waals surface area contributed by atoms with E-state index in [1.807, 2.05) is 44.2 Å². The molecule has 1 aromatic carbocycles. The van der Waals surface area contributed by atoms with E-state index in [4.69, 9.17) is 10.5 Å². The smallest absolute Gasteiger partial charge is 0.340 e. The number of nitrogens with one attached hydrogen (secondary N) is 1. The number of hydrogen-bond donors (Lipinski definition) is 2. The molecular weight excluding hydrogens is 290 g/mol. The molecule has 118 valence electrons. The van der Waals surface area contributed by atoms with E-state index >= 15 is 0 Å². The van der Waals surface area contributed by atoms with Gasteiger partial charge in [-0.3, -0.25) is 0 Å². The number of pyridine rings is 1. The van der Waals surface area contributed by atoms with Gasteiger partial charge < -0.3 is 15.5 Å². The van der Waals surface area contributed by atoms with E-state index in [0.717, 1.165) is 22.1 Å². The summed E-state index contributed by atoms with van der Waals surface area (Å²) in [6.07, 6.45) is 3.35. The summed E-state index contributed by atoms with van der Waals surface area (Å²) in [5.41, 5.74) is 9.85. The summed E-state index contributed by atoms with van der Waals surface area (Å²) < 4.78 is 4.85. The summed E-state index contributed by atoms with van der Waals surface area (Å²) in [5, 5.41) is 0.763. The molecule has 0 aliphatic rings. The molecule has 0 saturated heterocycles. The second-order valence-corrected chi connectivity index (χ2v) is 6.08. The van der Waals surface area contributed by atoms with Gasteiger partial charge in [0.05, 0.1) is 12.7 Å². The first kappa shape index (κ1) is 15.2. The molecule has 0 saturated carbocycles. The van der Waals surface area contributed by atoms with E-state index in [1.165, 1.54) is 7.11 Å². The Kier molecular flexibility index (Phi) is 3.66. The topological polar surface area (TPSA) is 81.0 Å². The number of aromatic amines is 1. The van der Waals surface area contributed by atoms with Gasteiger partial charge in [0.1, 0.15) is 5.65 Å². The molecule has 0 atom stereocenters. The number of carbonyl (C=O) groups is 1. The normalized spacial score (nSPS) is 11.7. The highest BCUT2D eigenvalue weighted by atomic mass is 16.5. The SMILES string of the molecule is COC(=O)c1c[nH]c2nccc(-c3ccc(C(C)(C)N)cc3)c12. The molecule has 5 nitrogen and oxygen atoms in total. The van der Waals surface area contributed by atoms with Gasteiger partial charge in [-0.2, -0.15) is 0 Å². The van der Waals surface area contributed by atoms with E-state index in [2.05, 4.69) is 9.97 Å². The summed E-state index contributed by atoms with van der Waals surface area (Å²) in [7, 11) is 1.37. The third-order valence-electron chi connectivity index (χ3n) is 3.92. The van der Waals surface area contributed by atoms with Crippen LogP contribution >= 0.6 is 0 Å². The van der Waals surface area contributed by atoms with Crippen LogP contribution in [-0.2, 0) is 10.3 Å². The van der Waals surface area contributed by atoms with Crippen LogP contribution in [0.25, 0.3) is 22.2 Å². The molecule has 23 heavy (non-hydrogen) atoms. The van der Waals surface area contributed by atoms with E-state index < -0.39 is 5.54 Å². The van der Waals surface area contributed by atoms with Crippen LogP contribution in [0, 0.1) is 0 Å². The number of rotatable bonds is 3. The number of carbonyl (C=O) groups excluding carboxylic acids is 1. The fourth-order valence-electron chi connectivity index (χ4n) is 2.65. The third-order valence-corrected chi connectivity index (χ3v) is 3.92. The molecule has 2 aromatic heterocycles. The molecule has 3 aromatic rings. The number of nitrogens with two attached hydrogens (primary N) is 1. The summed E-state index contributed by atoms with van der Waals surface area (Å²) in [4.78, 5) is 19.3. The highest BCUT2D eigenvalue weighted by Crippen LogP contribution is 2.31. The van der Waals surface area contributed by atoms with Gasteiger partial charge in [-0.15, -0.1) is 0 Å². The number of esters is 1. The van der Waals surface area contributed by atoms with Crippen LogP contribution in [0.15, 0.2) is 42.7 Å². The largest absolute Gasteiger partial charge is 0.465 e. The number of fused-ring (bicyclic) bond motifs is 1. The van der Waals surface area contributed by atoms with Gasteiger partial charge in [-0.05, 0) is 36.6 Å². The zero-order chi connectivity index (χ0) is 16.6. The van der Waals surface area contributed by atoms with Crippen molar-refractivity contribution >= 4 is 17.0 Å². The van der Waals surface area contributed by atoms with Crippen LogP contribution in [0.4, 0.5) is 0 Å². The van der Waals surface area contributed by atoms with Gasteiger partial charge in [0.15, 0.2) is 0 Å². The summed E-state index contributed by atoms with van der Waals surface area (Å²) in [6.45, 7) is 3.93. The summed E-state index contributed by atoms with van der Waals surface area (Å²) in [6, 6.07) is 9.92. The van der Waals surface area contributed by atoms with Crippen molar-refractivity contribution < 1.29 is 9.53 Å². The van der Waals surface area contributed by atoms with Crippen LogP contribution in [0.1, 0.15) is 29.8 Å². The van der Waals surface area contributed by atoms with Crippen LogP contribution in [0.2, 0.25) is 0 Å². The molecule has 0 bridgehead atoms. The quantitative estimate of drug-likeness (QED) is 0.728. The van der Waals surface area contributed by atoms with Crippen molar-refractivity contribution in [3.63, 3.8) is 0 Å². The van der Waals surface area contributed by atoms with Gasteiger partial charge in [0.2, 0.25) is 0 Å². The number of H-pyrrole nitrogens is 1. The number of nitrogens with zero attached hydrogens (tertiary/aromatic N) is 1. The van der Waals surface area contributed by atoms with Gasteiger partial charge in [0.25, 0.3) is 0 Å². The first-order valence-corrected chi connectivity index (χ1v) is 7.36. The van der Waals surface area contributed by atoms with E-state index in [1.54, 1.807) is 12.4 Å². The minimum absolute atomic E-state index is 0.384. The predicted octanol–water partition coefficient (Wildman–Crippen LogP) is 3.21. The lowest BCUT2D eigenvalue weighted by Gasteiger charge is -2.19. The maximum atomic E-state index is 12.0. The Morgan fingerprint density at radius 2 is 1.91 bits per heavy atom. The highest BCUT2D eigenvalue weighted by Gasteiger charge is 2.18. The second-order valence-electron chi connectivity index (χ2n) is 6.08. The minimum atomic E-state index is -0.392. The Labute approximate surface area is 134 Å². The van der Waals surface area contributed by atoms with Crippen LogP contribution < -0.4 is 5.73 Å². The monoisotopic (exact) mass is 309 g/mol. The third kappa shape index (κ3) is 2.71. The first-order chi connectivity index (χ1) is 10.9. The van der Waals surface area contributed by atoms with Crippen LogP contribution in [0.3, 0.4) is 0 Å². The molecule has 0 aliphatic carbocycles. The van der Waals surface area contributed by atoms with Gasteiger partial charge in [-0.1, -0.05) is 24.3 Å². The fourth-order valence-corrected chi connectivity index (χ4v) is 2.65. The molecule has 5 heteroatoms. The summed E-state index contributed by atoms with van der Waals surface area (Å²) >= 11 is 0. The average Bonchev–Trinajstić information content (AvgIpc) is 2.97. The van der Waals surface area contributed by atoms with E-state index in [-0.39, 0.29) is 5.97 Å². The van der Waals surface area contributed by atoms with Crippen molar-refractivity contribution in [2.75, 3.05) is 7.11 Å². The standard InChI is InChI=1S/C18H19N3O2/c1-18(2,19)12-6-4-11(5-7-12)13-8-9-20-16-15(13)14(10-21-16)17(22)23-3/h4-10H,19H2,1-3H3,(H,20,21). The lowest BCUT2D eigenvalue weighted by molar-refractivity contribution is 0.0603. The van der Waals surface area contributed by atoms with Crippen molar-refractivity contribution in [2.45, 2.75) is 19.4 Å². The van der Waals surface area contributed by atoms with Gasteiger partial charge in [-0.25, -0.2) is 9.78 Å². The number of ether oxygens (including phenoxy) is 1. The Hall–Kier alpha value is -2.66. The highest BCUT2D eigenvalue weighted by molar-refractivity contribution is 6.09. The van der Waals surface area contributed by atoms with Gasteiger partial charge in [0, 0.05) is 23.3 Å². The van der Waals surface area contributed by atoms with Crippen molar-refractivity contribution in [3.05, 3.63) is 53.9 Å². The molecule has 3 rings (SSSR count). The van der Waals surface area contributed by atoms with Crippen molar-refractivity contribution in [3.8, 4) is 11.1 Å². The molecule has 0 fully saturated rings. The predicted molar refractivity (Wildman–Crippen MR) is 90.1 cm³/mol. The molecular formula is C18H19N3O2. The van der Waals surface area contributed by atoms with Crippen molar-refractivity contribution in [1.82, 2.24) is 9.97 Å². The fraction of sp³-hybridized carbons (Fsp3) is 0.222. The number of benzene rings is 1. The molecule has 0 aliphatic heterocycles. The van der Waals surface area contributed by atoms with Crippen molar-refractivity contribution in [2.24, 2.45) is 5.73 Å². The van der Waals surface area contributed by atoms with Gasteiger partial charge >= 0.3 is 5.97 Å². The second kappa shape index (κ2) is 5.52. The number of aromatic nitrogens is 2. The average molecular weight is 309 g/mol. The molecule has 0 spiro atoms. The number of hydrogen-bond acceptors (Lipinski definition) is 4. The molecule has 0 radical (unpaired) electrons. The Balaban J connectivity index is 2.16. The van der Waals surface area contributed by atoms with Crippen molar-refractivity contribution in [1.29, 1.82) is 0 Å². The maximum absolute atomic E-state index is 12.0. The number of methoxy groups -OCH3 is 1. The maximum Gasteiger partial charge on any atom is 0.340 e. The minimum Gasteiger partial charge on any atom is -0.465 e. The Morgan fingerprint density at radius 1 is 1.22 bits per heavy atom. The molecule has 0 unspecified atom stereocenters. The van der Waals surface area contributed by atoms with Crippen LogP contribution in [0.5, 0.6) is 0 Å².